The van der Waals surface area contributed by atoms with Crippen molar-refractivity contribution in [2.75, 3.05) is 24.8 Å². The van der Waals surface area contributed by atoms with Gasteiger partial charge in [-0.25, -0.2) is 26.7 Å². The molecule has 1 amide bonds. The lowest BCUT2D eigenvalue weighted by Crippen LogP contribution is -2.31. The van der Waals surface area contributed by atoms with Crippen LogP contribution in [0.2, 0.25) is 0 Å². The third kappa shape index (κ3) is 5.54. The van der Waals surface area contributed by atoms with E-state index in [-0.39, 0.29) is 12.2 Å². The minimum absolute atomic E-state index is 0.0648. The van der Waals surface area contributed by atoms with E-state index < -0.39 is 56.6 Å². The number of carbonyl (C=O) groups is 2. The van der Waals surface area contributed by atoms with Gasteiger partial charge in [-0.3, -0.25) is 9.69 Å². The molecular weight excluding hydrogens is 510 g/mol. The predicted octanol–water partition coefficient (Wildman–Crippen LogP) is 6.48. The van der Waals surface area contributed by atoms with E-state index in [0.29, 0.717) is 41.3 Å². The zero-order valence-corrected chi connectivity index (χ0v) is 20.7. The first-order valence-corrected chi connectivity index (χ1v) is 12.5. The van der Waals surface area contributed by atoms with Gasteiger partial charge in [-0.1, -0.05) is 37.1 Å². The maximum Gasteiger partial charge on any atom is 0.341 e. The fourth-order valence-corrected chi connectivity index (χ4v) is 5.39. The second-order valence-corrected chi connectivity index (χ2v) is 9.46. The molecule has 0 spiro atoms. The summed E-state index contributed by atoms with van der Waals surface area (Å²) in [7, 11) is 0. The number of thiophene rings is 1. The Balaban J connectivity index is 1.94. The smallest absolute Gasteiger partial charge is 0.341 e. The lowest BCUT2D eigenvalue weighted by Gasteiger charge is -2.27. The summed E-state index contributed by atoms with van der Waals surface area (Å²) >= 11 is 0.703. The van der Waals surface area contributed by atoms with Gasteiger partial charge in [-0.15, -0.1) is 16.5 Å². The molecule has 36 heavy (non-hydrogen) atoms. The molecule has 1 aromatic carbocycles. The monoisotopic (exact) mass is 536 g/mol. The second-order valence-electron chi connectivity index (χ2n) is 8.38. The van der Waals surface area contributed by atoms with Crippen molar-refractivity contribution in [3.8, 4) is 0 Å². The van der Waals surface area contributed by atoms with Crippen LogP contribution < -0.4 is 5.12 Å². The summed E-state index contributed by atoms with van der Waals surface area (Å²) in [6.45, 7) is 5.25. The van der Waals surface area contributed by atoms with Crippen LogP contribution in [-0.4, -0.2) is 36.5 Å². The maximum absolute atomic E-state index is 15.3. The molecule has 0 bridgehead atoms. The van der Waals surface area contributed by atoms with E-state index in [1.54, 1.807) is 0 Å². The quantitative estimate of drug-likeness (QED) is 0.0871. The Morgan fingerprint density at radius 2 is 1.53 bits per heavy atom. The van der Waals surface area contributed by atoms with Gasteiger partial charge in [-0.05, 0) is 31.9 Å². The number of fused-ring (bicyclic) bond motifs is 1. The molecule has 0 aliphatic carbocycles. The van der Waals surface area contributed by atoms with Crippen LogP contribution in [0.3, 0.4) is 0 Å². The molecule has 1 aliphatic rings. The Morgan fingerprint density at radius 1 is 0.917 bits per heavy atom. The van der Waals surface area contributed by atoms with Gasteiger partial charge in [0.15, 0.2) is 23.3 Å². The summed E-state index contributed by atoms with van der Waals surface area (Å²) in [5.41, 5.74) is -1.81. The summed E-state index contributed by atoms with van der Waals surface area (Å²) in [4.78, 5) is 27.9. The number of halogens is 6. The third-order valence-electron chi connectivity index (χ3n) is 5.96. The predicted molar refractivity (Wildman–Crippen MR) is 122 cm³/mol. The van der Waals surface area contributed by atoms with Gasteiger partial charge < -0.3 is 4.74 Å². The van der Waals surface area contributed by atoms with Gasteiger partial charge in [0.25, 0.3) is 5.91 Å². The molecule has 12 heteroatoms. The molecule has 0 unspecified atom stereocenters. The zero-order valence-electron chi connectivity index (χ0n) is 19.9. The molecule has 0 radical (unpaired) electrons. The Kier molecular flexibility index (Phi) is 9.40. The number of rotatable bonds is 10. The minimum atomic E-state index is -2.47. The fourth-order valence-electron chi connectivity index (χ4n) is 4.11. The number of anilines is 1. The lowest BCUT2D eigenvalue weighted by molar-refractivity contribution is 0.0525. The number of hydrogen-bond donors (Lipinski definition) is 0. The van der Waals surface area contributed by atoms with Crippen molar-refractivity contribution in [1.29, 1.82) is 0 Å². The molecular formula is C24H26F6N2O3S. The number of carbonyl (C=O) groups excluding carboxylic acids is 2. The van der Waals surface area contributed by atoms with Crippen LogP contribution in [-0.2, 0) is 17.7 Å². The van der Waals surface area contributed by atoms with Gasteiger partial charge >= 0.3 is 5.97 Å². The van der Waals surface area contributed by atoms with Gasteiger partial charge in [0.1, 0.15) is 16.1 Å². The number of amides is 1. The van der Waals surface area contributed by atoms with Gasteiger partial charge in [-0.2, -0.15) is 0 Å². The van der Waals surface area contributed by atoms with Crippen LogP contribution in [0, 0.1) is 29.1 Å². The number of nitrogens with zero attached hydrogens (tertiary/aromatic N) is 2. The van der Waals surface area contributed by atoms with Crippen LogP contribution >= 0.6 is 11.3 Å². The molecule has 0 atom stereocenters. The molecule has 2 aromatic rings. The number of esters is 1. The summed E-state index contributed by atoms with van der Waals surface area (Å²) in [6.07, 6.45) is 5.71. The minimum Gasteiger partial charge on any atom is -0.462 e. The fraction of sp³-hybridized carbons (Fsp3) is 0.500. The molecule has 0 saturated carbocycles. The molecule has 0 saturated heterocycles. The number of unbranched alkanes of at least 4 members (excludes halogenated alkanes) is 4. The van der Waals surface area contributed by atoms with Crippen molar-refractivity contribution < 1.29 is 40.8 Å². The van der Waals surface area contributed by atoms with E-state index >= 15 is 4.48 Å². The molecule has 1 aromatic heterocycles. The van der Waals surface area contributed by atoms with Gasteiger partial charge in [0.05, 0.1) is 6.61 Å². The van der Waals surface area contributed by atoms with E-state index in [2.05, 4.69) is 11.8 Å². The number of ether oxygens (including phenoxy) is 1. The second kappa shape index (κ2) is 12.1. The van der Waals surface area contributed by atoms with E-state index in [9.17, 15) is 31.5 Å². The Morgan fingerprint density at radius 3 is 2.14 bits per heavy atom. The maximum atomic E-state index is 15.3. The third-order valence-corrected chi connectivity index (χ3v) is 7.13. The Labute approximate surface area is 208 Å². The molecule has 1 aliphatic heterocycles. The summed E-state index contributed by atoms with van der Waals surface area (Å²) in [6, 6.07) is 0. The van der Waals surface area contributed by atoms with Crippen molar-refractivity contribution in [3.05, 3.63) is 50.7 Å². The number of benzene rings is 1. The van der Waals surface area contributed by atoms with Crippen molar-refractivity contribution in [3.63, 3.8) is 0 Å². The Bertz CT molecular complexity index is 1110. The highest BCUT2D eigenvalue weighted by Crippen LogP contribution is 2.41. The van der Waals surface area contributed by atoms with Crippen LogP contribution in [0.15, 0.2) is 0 Å². The van der Waals surface area contributed by atoms with Crippen molar-refractivity contribution in [1.82, 2.24) is 4.90 Å². The van der Waals surface area contributed by atoms with Crippen LogP contribution in [0.1, 0.15) is 77.1 Å². The van der Waals surface area contributed by atoms with E-state index in [1.807, 2.05) is 0 Å². The summed E-state index contributed by atoms with van der Waals surface area (Å²) in [5.74, 6) is -15.2. The molecule has 0 fully saturated rings. The summed E-state index contributed by atoms with van der Waals surface area (Å²) in [5, 5.41) is -1.38. The topological polar surface area (TPSA) is 49.9 Å². The van der Waals surface area contributed by atoms with E-state index in [0.717, 1.165) is 38.6 Å². The molecule has 2 heterocycles. The first kappa shape index (κ1) is 28.0. The number of hydrogen-bond acceptors (Lipinski definition) is 5. The van der Waals surface area contributed by atoms with E-state index in [1.165, 1.54) is 6.92 Å². The van der Waals surface area contributed by atoms with Crippen molar-refractivity contribution in [2.45, 2.75) is 58.9 Å². The van der Waals surface area contributed by atoms with Crippen LogP contribution in [0.4, 0.5) is 31.4 Å². The normalized spacial score (nSPS) is 13.6. The van der Waals surface area contributed by atoms with E-state index in [4.69, 9.17) is 4.74 Å². The Hall–Kier alpha value is -2.60. The first-order chi connectivity index (χ1) is 17.1. The zero-order chi connectivity index (χ0) is 26.6. The standard InChI is InChI=1S/C24H26F6N2O3S/c1-3-5-6-7-8-10-31-11-9-13-14(12-31)36-23(15(13)24(34)35-4-2)32(30)22(33)16-17(25)19(27)21(29)20(28)18(16)26/h3-12H2,1-2H3. The average Bonchev–Trinajstić information content (AvgIpc) is 3.24. The molecule has 198 valence electrons. The molecule has 5 nitrogen and oxygen atoms in total. The molecule has 0 N–H and O–H groups in total. The van der Waals surface area contributed by atoms with Crippen LogP contribution in [0.25, 0.3) is 0 Å². The highest BCUT2D eigenvalue weighted by molar-refractivity contribution is 7.17. The van der Waals surface area contributed by atoms with Crippen LogP contribution in [0.5, 0.6) is 0 Å². The van der Waals surface area contributed by atoms with Gasteiger partial charge in [0, 0.05) is 18.0 Å². The average molecular weight is 537 g/mol. The highest BCUT2D eigenvalue weighted by atomic mass is 32.1. The summed E-state index contributed by atoms with van der Waals surface area (Å²) < 4.78 is 89.2. The van der Waals surface area contributed by atoms with Gasteiger partial charge in [0.2, 0.25) is 5.82 Å². The SMILES string of the molecule is CCCCCCCN1CCc2c(sc(N(F)C(=O)c3c(F)c(F)c(F)c(F)c3F)c2C(=O)OCC)C1. The highest BCUT2D eigenvalue weighted by Gasteiger charge is 2.37. The van der Waals surface area contributed by atoms with Crippen molar-refractivity contribution in [2.24, 2.45) is 0 Å². The van der Waals surface area contributed by atoms with Crippen molar-refractivity contribution >= 4 is 28.2 Å². The molecule has 3 rings (SSSR count). The lowest BCUT2D eigenvalue weighted by atomic mass is 10.0. The first-order valence-electron chi connectivity index (χ1n) is 11.7. The largest absolute Gasteiger partial charge is 0.462 e.